The molecule has 0 aromatic heterocycles. The van der Waals surface area contributed by atoms with Gasteiger partial charge in [-0.2, -0.15) is 0 Å². The Bertz CT molecular complexity index is 287. The van der Waals surface area contributed by atoms with E-state index in [2.05, 4.69) is 39.9 Å². The third kappa shape index (κ3) is 2.91. The molecule has 0 radical (unpaired) electrons. The van der Waals surface area contributed by atoms with Gasteiger partial charge >= 0.3 is 0 Å². The summed E-state index contributed by atoms with van der Waals surface area (Å²) in [5, 5.41) is 3.66. The lowest BCUT2D eigenvalue weighted by atomic mass is 9.67. The summed E-state index contributed by atoms with van der Waals surface area (Å²) >= 11 is 0. The molecule has 0 aromatic rings. The summed E-state index contributed by atoms with van der Waals surface area (Å²) in [5.41, 5.74) is 0.534. The van der Waals surface area contributed by atoms with Crippen LogP contribution < -0.4 is 5.32 Å². The first-order valence-electron chi connectivity index (χ1n) is 7.74. The number of hydrogen-bond donors (Lipinski definition) is 1. The Balaban J connectivity index is 1.97. The highest BCUT2D eigenvalue weighted by Crippen LogP contribution is 2.45. The van der Waals surface area contributed by atoms with E-state index in [-0.39, 0.29) is 11.3 Å². The van der Waals surface area contributed by atoms with Gasteiger partial charge in [0.05, 0.1) is 5.60 Å². The molecule has 0 unspecified atom stereocenters. The average Bonchev–Trinajstić information content (AvgIpc) is 2.28. The summed E-state index contributed by atoms with van der Waals surface area (Å²) < 4.78 is 6.39. The molecule has 2 fully saturated rings. The maximum absolute atomic E-state index is 6.39. The third-order valence-electron chi connectivity index (χ3n) is 5.46. The van der Waals surface area contributed by atoms with Crippen molar-refractivity contribution in [3.05, 3.63) is 0 Å². The van der Waals surface area contributed by atoms with E-state index in [9.17, 15) is 0 Å². The molecule has 106 valence electrons. The predicted octanol–water partition coefficient (Wildman–Crippen LogP) is 4.10. The first-order valence-corrected chi connectivity index (χ1v) is 7.74. The van der Waals surface area contributed by atoms with Gasteiger partial charge in [-0.05, 0) is 57.3 Å². The Labute approximate surface area is 113 Å². The quantitative estimate of drug-likeness (QED) is 0.800. The van der Waals surface area contributed by atoms with E-state index in [1.165, 1.54) is 32.1 Å². The molecule has 2 heteroatoms. The van der Waals surface area contributed by atoms with Gasteiger partial charge < -0.3 is 4.74 Å². The fourth-order valence-corrected chi connectivity index (χ4v) is 3.64. The molecule has 1 aliphatic heterocycles. The summed E-state index contributed by atoms with van der Waals surface area (Å²) in [7, 11) is 0. The molecule has 0 aromatic carbocycles. The SMILES string of the molecule is CCC(C)(C)C1CCC2(CC1)NCCC(C)(C)O2. The smallest absolute Gasteiger partial charge is 0.119 e. The lowest BCUT2D eigenvalue weighted by Gasteiger charge is -2.51. The number of rotatable bonds is 2. The Hall–Kier alpha value is -0.0800. The van der Waals surface area contributed by atoms with Gasteiger partial charge in [-0.1, -0.05) is 27.2 Å². The van der Waals surface area contributed by atoms with E-state index in [4.69, 9.17) is 4.74 Å². The van der Waals surface area contributed by atoms with E-state index in [1.54, 1.807) is 0 Å². The largest absolute Gasteiger partial charge is 0.355 e. The van der Waals surface area contributed by atoms with Crippen molar-refractivity contribution in [3.8, 4) is 0 Å². The Morgan fingerprint density at radius 2 is 1.78 bits per heavy atom. The molecule has 0 amide bonds. The van der Waals surface area contributed by atoms with Crippen molar-refractivity contribution in [2.75, 3.05) is 6.54 Å². The number of ether oxygens (including phenoxy) is 1. The van der Waals surface area contributed by atoms with Gasteiger partial charge in [0.25, 0.3) is 0 Å². The summed E-state index contributed by atoms with van der Waals surface area (Å²) in [5.74, 6) is 0.864. The molecule has 1 saturated heterocycles. The van der Waals surface area contributed by atoms with E-state index in [0.717, 1.165) is 18.9 Å². The zero-order chi connectivity index (χ0) is 13.4. The van der Waals surface area contributed by atoms with Gasteiger partial charge in [-0.25, -0.2) is 0 Å². The van der Waals surface area contributed by atoms with Crippen LogP contribution in [-0.2, 0) is 4.74 Å². The highest BCUT2D eigenvalue weighted by atomic mass is 16.5. The number of hydrogen-bond acceptors (Lipinski definition) is 2. The summed E-state index contributed by atoms with van der Waals surface area (Å²) in [6.07, 6.45) is 7.39. The average molecular weight is 253 g/mol. The van der Waals surface area contributed by atoms with Gasteiger partial charge in [0.1, 0.15) is 5.72 Å². The molecule has 1 spiro atoms. The molecule has 1 heterocycles. The van der Waals surface area contributed by atoms with Crippen LogP contribution in [0.15, 0.2) is 0 Å². The summed E-state index contributed by atoms with van der Waals surface area (Å²) in [6.45, 7) is 12.7. The summed E-state index contributed by atoms with van der Waals surface area (Å²) in [4.78, 5) is 0. The minimum atomic E-state index is -0.0118. The van der Waals surface area contributed by atoms with Crippen molar-refractivity contribution in [3.63, 3.8) is 0 Å². The van der Waals surface area contributed by atoms with E-state index in [0.29, 0.717) is 5.41 Å². The normalized spacial score (nSPS) is 36.8. The zero-order valence-corrected chi connectivity index (χ0v) is 12.9. The standard InChI is InChI=1S/C16H31NO/c1-6-14(2,3)13-7-9-16(10-8-13)17-12-11-15(4,5)18-16/h13,17H,6-12H2,1-5H3. The molecule has 18 heavy (non-hydrogen) atoms. The molecular formula is C16H31NO. The second kappa shape index (κ2) is 4.79. The molecule has 2 aliphatic rings. The van der Waals surface area contributed by atoms with E-state index in [1.807, 2.05) is 0 Å². The van der Waals surface area contributed by atoms with Crippen molar-refractivity contribution < 1.29 is 4.74 Å². The highest BCUT2D eigenvalue weighted by molar-refractivity contribution is 4.94. The predicted molar refractivity (Wildman–Crippen MR) is 76.5 cm³/mol. The first-order chi connectivity index (χ1) is 8.29. The second-order valence-corrected chi connectivity index (χ2v) is 7.65. The minimum absolute atomic E-state index is 0.0118. The van der Waals surface area contributed by atoms with Crippen molar-refractivity contribution in [1.82, 2.24) is 5.32 Å². The highest BCUT2D eigenvalue weighted by Gasteiger charge is 2.45. The molecular weight excluding hydrogens is 222 g/mol. The Morgan fingerprint density at radius 1 is 1.17 bits per heavy atom. The fraction of sp³-hybridized carbons (Fsp3) is 1.00. The summed E-state index contributed by atoms with van der Waals surface area (Å²) in [6, 6.07) is 0. The molecule has 1 N–H and O–H groups in total. The maximum Gasteiger partial charge on any atom is 0.119 e. The van der Waals surface area contributed by atoms with Crippen LogP contribution in [0.3, 0.4) is 0 Å². The molecule has 2 rings (SSSR count). The molecule has 2 nitrogen and oxygen atoms in total. The molecule has 0 atom stereocenters. The molecule has 0 bridgehead atoms. The molecule has 1 saturated carbocycles. The van der Waals surface area contributed by atoms with Crippen molar-refractivity contribution >= 4 is 0 Å². The van der Waals surface area contributed by atoms with Gasteiger partial charge in [0.15, 0.2) is 0 Å². The van der Waals surface area contributed by atoms with Crippen LogP contribution in [0.2, 0.25) is 0 Å². The van der Waals surface area contributed by atoms with Crippen LogP contribution in [0.4, 0.5) is 0 Å². The van der Waals surface area contributed by atoms with Crippen LogP contribution in [0.25, 0.3) is 0 Å². The third-order valence-corrected chi connectivity index (χ3v) is 5.46. The van der Waals surface area contributed by atoms with E-state index < -0.39 is 0 Å². The van der Waals surface area contributed by atoms with Crippen LogP contribution >= 0.6 is 0 Å². The van der Waals surface area contributed by atoms with Crippen LogP contribution in [0, 0.1) is 11.3 Å². The van der Waals surface area contributed by atoms with Gasteiger partial charge in [-0.3, -0.25) is 5.32 Å². The molecule has 1 aliphatic carbocycles. The van der Waals surface area contributed by atoms with Crippen LogP contribution in [-0.4, -0.2) is 17.9 Å². The lowest BCUT2D eigenvalue weighted by molar-refractivity contribution is -0.205. The topological polar surface area (TPSA) is 21.3 Å². The monoisotopic (exact) mass is 253 g/mol. The van der Waals surface area contributed by atoms with Crippen LogP contribution in [0.5, 0.6) is 0 Å². The Morgan fingerprint density at radius 3 is 2.28 bits per heavy atom. The number of nitrogens with one attached hydrogen (secondary N) is 1. The second-order valence-electron chi connectivity index (χ2n) is 7.65. The lowest BCUT2D eigenvalue weighted by Crippen LogP contribution is -2.59. The minimum Gasteiger partial charge on any atom is -0.355 e. The van der Waals surface area contributed by atoms with Crippen molar-refractivity contribution in [2.24, 2.45) is 11.3 Å². The first kappa shape index (κ1) is 14.3. The van der Waals surface area contributed by atoms with Crippen molar-refractivity contribution in [2.45, 2.75) is 84.5 Å². The van der Waals surface area contributed by atoms with Gasteiger partial charge in [-0.15, -0.1) is 0 Å². The zero-order valence-electron chi connectivity index (χ0n) is 12.9. The van der Waals surface area contributed by atoms with Crippen molar-refractivity contribution in [1.29, 1.82) is 0 Å². The van der Waals surface area contributed by atoms with Gasteiger partial charge in [0.2, 0.25) is 0 Å². The van der Waals surface area contributed by atoms with Crippen LogP contribution in [0.1, 0.15) is 73.1 Å². The van der Waals surface area contributed by atoms with E-state index >= 15 is 0 Å². The maximum atomic E-state index is 6.39. The fourth-order valence-electron chi connectivity index (χ4n) is 3.64. The Kier molecular flexibility index (Phi) is 3.81. The van der Waals surface area contributed by atoms with Gasteiger partial charge in [0, 0.05) is 6.54 Å².